The number of carbonyl (C=O) groups is 1. The molecule has 0 aliphatic carbocycles. The van der Waals surface area contributed by atoms with E-state index in [-0.39, 0.29) is 5.56 Å². The number of aryl methyl sites for hydroxylation is 2. The summed E-state index contributed by atoms with van der Waals surface area (Å²) in [4.78, 5) is 20.0. The molecule has 2 heterocycles. The van der Waals surface area contributed by atoms with Crippen LogP contribution in [0.1, 0.15) is 27.4 Å². The van der Waals surface area contributed by atoms with E-state index in [9.17, 15) is 4.79 Å². The number of rotatable bonds is 3. The Kier molecular flexibility index (Phi) is 3.17. The number of fused-ring (bicyclic) bond motifs is 1. The van der Waals surface area contributed by atoms with Crippen LogP contribution < -0.4 is 0 Å². The van der Waals surface area contributed by atoms with Crippen molar-refractivity contribution in [1.82, 2.24) is 14.5 Å². The molecular weight excluding hydrogens is 266 g/mol. The van der Waals surface area contributed by atoms with E-state index in [1.165, 1.54) is 0 Å². The second kappa shape index (κ2) is 5.01. The topological polar surface area (TPSA) is 68.0 Å². The van der Waals surface area contributed by atoms with E-state index in [4.69, 9.17) is 5.11 Å². The molecule has 5 heteroatoms. The molecule has 0 aliphatic rings. The van der Waals surface area contributed by atoms with Crippen molar-refractivity contribution in [3.05, 3.63) is 59.2 Å². The molecule has 3 aromatic rings. The number of aromatic nitrogens is 3. The fourth-order valence-corrected chi connectivity index (χ4v) is 2.41. The van der Waals surface area contributed by atoms with Crippen molar-refractivity contribution in [1.29, 1.82) is 0 Å². The summed E-state index contributed by atoms with van der Waals surface area (Å²) in [7, 11) is 0. The number of pyridine rings is 1. The number of carboxylic acids is 1. The van der Waals surface area contributed by atoms with E-state index in [1.807, 2.05) is 30.5 Å². The average molecular weight is 281 g/mol. The van der Waals surface area contributed by atoms with Gasteiger partial charge in [0.05, 0.1) is 28.8 Å². The maximum Gasteiger partial charge on any atom is 0.335 e. The molecule has 0 radical (unpaired) electrons. The molecule has 0 unspecified atom stereocenters. The van der Waals surface area contributed by atoms with Crippen LogP contribution in [0.3, 0.4) is 0 Å². The highest BCUT2D eigenvalue weighted by Crippen LogP contribution is 2.20. The molecule has 1 N–H and O–H groups in total. The Morgan fingerprint density at radius 2 is 2.10 bits per heavy atom. The summed E-state index contributed by atoms with van der Waals surface area (Å²) in [5, 5.41) is 9.13. The largest absolute Gasteiger partial charge is 0.478 e. The summed E-state index contributed by atoms with van der Waals surface area (Å²) in [6, 6.07) is 8.90. The number of benzene rings is 1. The van der Waals surface area contributed by atoms with E-state index >= 15 is 0 Å². The lowest BCUT2D eigenvalue weighted by atomic mass is 10.2. The van der Waals surface area contributed by atoms with Gasteiger partial charge in [0.15, 0.2) is 0 Å². The minimum Gasteiger partial charge on any atom is -0.478 e. The van der Waals surface area contributed by atoms with Crippen LogP contribution in [-0.2, 0) is 6.54 Å². The Labute approximate surface area is 121 Å². The first-order chi connectivity index (χ1) is 10.1. The molecular formula is C16H15N3O2. The van der Waals surface area contributed by atoms with Crippen LogP contribution in [0.25, 0.3) is 11.0 Å². The molecule has 0 fully saturated rings. The molecule has 5 nitrogen and oxygen atoms in total. The number of hydrogen-bond donors (Lipinski definition) is 1. The zero-order chi connectivity index (χ0) is 15.0. The normalized spacial score (nSPS) is 11.0. The Bertz CT molecular complexity index is 837. The van der Waals surface area contributed by atoms with Gasteiger partial charge in [0.25, 0.3) is 0 Å². The number of imidazole rings is 1. The minimum atomic E-state index is -0.934. The van der Waals surface area contributed by atoms with Gasteiger partial charge in [-0.3, -0.25) is 4.98 Å². The second-order valence-electron chi connectivity index (χ2n) is 5.02. The monoisotopic (exact) mass is 281 g/mol. The van der Waals surface area contributed by atoms with Crippen molar-refractivity contribution in [2.24, 2.45) is 0 Å². The highest BCUT2D eigenvalue weighted by Gasteiger charge is 2.12. The van der Waals surface area contributed by atoms with E-state index < -0.39 is 5.97 Å². The van der Waals surface area contributed by atoms with Crippen molar-refractivity contribution in [3.8, 4) is 0 Å². The van der Waals surface area contributed by atoms with Gasteiger partial charge < -0.3 is 9.67 Å². The fourth-order valence-electron chi connectivity index (χ4n) is 2.41. The first kappa shape index (κ1) is 13.3. The highest BCUT2D eigenvalue weighted by atomic mass is 16.4. The van der Waals surface area contributed by atoms with Gasteiger partial charge in [-0.1, -0.05) is 6.07 Å². The van der Waals surface area contributed by atoms with Gasteiger partial charge >= 0.3 is 5.97 Å². The summed E-state index contributed by atoms with van der Waals surface area (Å²) < 4.78 is 2.00. The summed E-state index contributed by atoms with van der Waals surface area (Å²) >= 11 is 0. The van der Waals surface area contributed by atoms with Crippen LogP contribution in [0.15, 0.2) is 36.5 Å². The minimum absolute atomic E-state index is 0.265. The zero-order valence-electron chi connectivity index (χ0n) is 11.9. The standard InChI is InChI=1S/C16H15N3O2/c1-10-4-3-7-17-14(10)9-19-11(2)18-13-6-5-12(16(20)21)8-15(13)19/h3-8H,9H2,1-2H3,(H,20,21). The van der Waals surface area contributed by atoms with Crippen molar-refractivity contribution in [2.75, 3.05) is 0 Å². The van der Waals surface area contributed by atoms with Crippen LogP contribution in [0.2, 0.25) is 0 Å². The summed E-state index contributed by atoms with van der Waals surface area (Å²) in [6.45, 7) is 4.51. The van der Waals surface area contributed by atoms with E-state index in [0.717, 1.165) is 28.1 Å². The molecule has 21 heavy (non-hydrogen) atoms. The predicted molar refractivity (Wildman–Crippen MR) is 79.5 cm³/mol. The molecule has 106 valence electrons. The first-order valence-corrected chi connectivity index (χ1v) is 6.67. The van der Waals surface area contributed by atoms with E-state index in [1.54, 1.807) is 24.4 Å². The van der Waals surface area contributed by atoms with Crippen molar-refractivity contribution in [2.45, 2.75) is 20.4 Å². The van der Waals surface area contributed by atoms with Crippen LogP contribution >= 0.6 is 0 Å². The number of nitrogens with zero attached hydrogens (tertiary/aromatic N) is 3. The molecule has 0 saturated heterocycles. The van der Waals surface area contributed by atoms with Crippen LogP contribution in [0.5, 0.6) is 0 Å². The van der Waals surface area contributed by atoms with Gasteiger partial charge in [0.2, 0.25) is 0 Å². The van der Waals surface area contributed by atoms with Crippen molar-refractivity contribution < 1.29 is 9.90 Å². The molecule has 3 rings (SSSR count). The Morgan fingerprint density at radius 3 is 2.81 bits per heavy atom. The number of hydrogen-bond acceptors (Lipinski definition) is 3. The summed E-state index contributed by atoms with van der Waals surface area (Å²) in [6.07, 6.45) is 1.76. The lowest BCUT2D eigenvalue weighted by Gasteiger charge is -2.09. The summed E-state index contributed by atoms with van der Waals surface area (Å²) in [5.74, 6) is -0.0890. The lowest BCUT2D eigenvalue weighted by Crippen LogP contribution is -2.06. The van der Waals surface area contributed by atoms with Gasteiger partial charge in [0.1, 0.15) is 5.82 Å². The second-order valence-corrected chi connectivity index (χ2v) is 5.02. The zero-order valence-corrected chi connectivity index (χ0v) is 11.9. The number of aromatic carboxylic acids is 1. The molecule has 0 spiro atoms. The maximum absolute atomic E-state index is 11.1. The van der Waals surface area contributed by atoms with Gasteiger partial charge in [-0.15, -0.1) is 0 Å². The molecule has 0 saturated carbocycles. The molecule has 0 amide bonds. The molecule has 0 aliphatic heterocycles. The first-order valence-electron chi connectivity index (χ1n) is 6.67. The Balaban J connectivity index is 2.13. The lowest BCUT2D eigenvalue weighted by molar-refractivity contribution is 0.0697. The highest BCUT2D eigenvalue weighted by molar-refractivity contribution is 5.92. The van der Waals surface area contributed by atoms with Gasteiger partial charge in [0, 0.05) is 6.20 Å². The van der Waals surface area contributed by atoms with Gasteiger partial charge in [-0.05, 0) is 43.7 Å². The van der Waals surface area contributed by atoms with Gasteiger partial charge in [-0.2, -0.15) is 0 Å². The van der Waals surface area contributed by atoms with Crippen LogP contribution in [0.4, 0.5) is 0 Å². The third-order valence-corrected chi connectivity index (χ3v) is 3.61. The van der Waals surface area contributed by atoms with E-state index in [0.29, 0.717) is 6.54 Å². The molecule has 0 atom stereocenters. The maximum atomic E-state index is 11.1. The fraction of sp³-hybridized carbons (Fsp3) is 0.188. The third kappa shape index (κ3) is 2.38. The van der Waals surface area contributed by atoms with Crippen molar-refractivity contribution >= 4 is 17.0 Å². The van der Waals surface area contributed by atoms with Crippen molar-refractivity contribution in [3.63, 3.8) is 0 Å². The molecule has 1 aromatic carbocycles. The third-order valence-electron chi connectivity index (χ3n) is 3.61. The smallest absolute Gasteiger partial charge is 0.335 e. The van der Waals surface area contributed by atoms with Crippen LogP contribution in [0, 0.1) is 13.8 Å². The average Bonchev–Trinajstić information content (AvgIpc) is 2.76. The van der Waals surface area contributed by atoms with Gasteiger partial charge in [-0.25, -0.2) is 9.78 Å². The summed E-state index contributed by atoms with van der Waals surface area (Å²) in [5.41, 5.74) is 3.94. The molecule has 0 bridgehead atoms. The molecule has 2 aromatic heterocycles. The Morgan fingerprint density at radius 1 is 1.29 bits per heavy atom. The van der Waals surface area contributed by atoms with Crippen LogP contribution in [-0.4, -0.2) is 25.6 Å². The Hall–Kier alpha value is -2.69. The quantitative estimate of drug-likeness (QED) is 0.801. The van der Waals surface area contributed by atoms with E-state index in [2.05, 4.69) is 9.97 Å². The number of carboxylic acid groups (broad SMARTS) is 1. The SMILES string of the molecule is Cc1cccnc1Cn1c(C)nc2ccc(C(=O)O)cc21. The predicted octanol–water partition coefficient (Wildman–Crippen LogP) is 2.79.